The zero-order valence-corrected chi connectivity index (χ0v) is 15.5. The number of hydrogen-bond donors (Lipinski definition) is 1. The van der Waals surface area contributed by atoms with Crippen LogP contribution < -0.4 is 5.32 Å². The van der Waals surface area contributed by atoms with Gasteiger partial charge in [-0.2, -0.15) is 0 Å². The second-order valence-electron chi connectivity index (χ2n) is 6.59. The van der Waals surface area contributed by atoms with Gasteiger partial charge in [-0.05, 0) is 54.8 Å². The van der Waals surface area contributed by atoms with Crippen molar-refractivity contribution in [3.05, 3.63) is 70.2 Å². The van der Waals surface area contributed by atoms with Gasteiger partial charge in [0, 0.05) is 35.8 Å². The van der Waals surface area contributed by atoms with E-state index < -0.39 is 0 Å². The zero-order valence-electron chi connectivity index (χ0n) is 14.7. The van der Waals surface area contributed by atoms with Crippen molar-refractivity contribution >= 4 is 23.4 Å². The maximum Gasteiger partial charge on any atom is 0.253 e. The van der Waals surface area contributed by atoms with Crippen molar-refractivity contribution in [1.82, 2.24) is 10.2 Å². The summed E-state index contributed by atoms with van der Waals surface area (Å²) in [4.78, 5) is 26.7. The number of nitrogens with one attached hydrogen (secondary N) is 1. The summed E-state index contributed by atoms with van der Waals surface area (Å²) in [6.45, 7) is 2.11. The Morgan fingerprint density at radius 3 is 2.04 bits per heavy atom. The molecular weight excluding hydrogens is 348 g/mol. The monoisotopic (exact) mass is 370 g/mol. The lowest BCUT2D eigenvalue weighted by Crippen LogP contribution is -2.31. The number of halogens is 1. The average molecular weight is 371 g/mol. The van der Waals surface area contributed by atoms with Gasteiger partial charge in [-0.3, -0.25) is 9.59 Å². The molecule has 0 saturated carbocycles. The van der Waals surface area contributed by atoms with Crippen LogP contribution in [0.5, 0.6) is 0 Å². The van der Waals surface area contributed by atoms with Crippen LogP contribution in [-0.2, 0) is 6.54 Å². The van der Waals surface area contributed by atoms with E-state index in [4.69, 9.17) is 11.6 Å². The summed E-state index contributed by atoms with van der Waals surface area (Å²) in [5.41, 5.74) is 2.24. The first-order valence-electron chi connectivity index (χ1n) is 9.05. The van der Waals surface area contributed by atoms with E-state index in [-0.39, 0.29) is 11.8 Å². The average Bonchev–Trinajstić information content (AvgIpc) is 2.96. The molecule has 2 aromatic carbocycles. The number of benzene rings is 2. The predicted octanol–water partition coefficient (Wildman–Crippen LogP) is 4.29. The van der Waals surface area contributed by atoms with Gasteiger partial charge in [0.05, 0.1) is 0 Å². The molecule has 1 aliphatic rings. The van der Waals surface area contributed by atoms with Crippen LogP contribution in [0.3, 0.4) is 0 Å². The number of likely N-dealkylation sites (tertiary alicyclic amines) is 1. The van der Waals surface area contributed by atoms with Crippen LogP contribution in [0.1, 0.15) is 52.0 Å². The topological polar surface area (TPSA) is 49.4 Å². The van der Waals surface area contributed by atoms with Gasteiger partial charge in [0.15, 0.2) is 0 Å². The van der Waals surface area contributed by atoms with Crippen LogP contribution in [0.4, 0.5) is 0 Å². The Labute approximate surface area is 159 Å². The molecule has 1 fully saturated rings. The van der Waals surface area contributed by atoms with Crippen molar-refractivity contribution in [3.8, 4) is 0 Å². The molecule has 2 aromatic rings. The first-order chi connectivity index (χ1) is 12.6. The molecule has 0 unspecified atom stereocenters. The molecule has 1 aliphatic heterocycles. The molecule has 0 aromatic heterocycles. The Balaban J connectivity index is 1.56. The fraction of sp³-hybridized carbons (Fsp3) is 0.333. The molecule has 1 heterocycles. The number of hydrogen-bond acceptors (Lipinski definition) is 2. The molecular formula is C21H23ClN2O2. The Hall–Kier alpha value is -2.33. The Bertz CT molecular complexity index is 749. The summed E-state index contributed by atoms with van der Waals surface area (Å²) in [5.74, 6) is -0.0463. The molecule has 5 heteroatoms. The number of nitrogens with zero attached hydrogens (tertiary/aromatic N) is 1. The lowest BCUT2D eigenvalue weighted by atomic mass is 10.1. The number of carbonyl (C=O) groups excluding carboxylic acids is 2. The first kappa shape index (κ1) is 18.5. The second-order valence-corrected chi connectivity index (χ2v) is 7.03. The Kier molecular flexibility index (Phi) is 6.29. The van der Waals surface area contributed by atoms with E-state index in [1.165, 1.54) is 12.8 Å². The van der Waals surface area contributed by atoms with E-state index in [9.17, 15) is 9.59 Å². The van der Waals surface area contributed by atoms with E-state index in [1.54, 1.807) is 24.3 Å². The smallest absolute Gasteiger partial charge is 0.253 e. The van der Waals surface area contributed by atoms with Crippen molar-refractivity contribution in [2.24, 2.45) is 0 Å². The standard InChI is InChI=1S/C21H23ClN2O2/c22-19-11-9-17(10-12-19)20(25)23-15-16-5-7-18(8-6-16)21(26)24-13-3-1-2-4-14-24/h5-12H,1-4,13-15H2,(H,23,25). The summed E-state index contributed by atoms with van der Waals surface area (Å²) < 4.78 is 0. The third kappa shape index (κ3) is 4.85. The zero-order chi connectivity index (χ0) is 18.4. The minimum Gasteiger partial charge on any atom is -0.348 e. The number of carbonyl (C=O) groups is 2. The fourth-order valence-electron chi connectivity index (χ4n) is 3.11. The molecule has 0 atom stereocenters. The highest BCUT2D eigenvalue weighted by Crippen LogP contribution is 2.14. The fourth-order valence-corrected chi connectivity index (χ4v) is 3.23. The van der Waals surface area contributed by atoms with Crippen LogP contribution in [0.15, 0.2) is 48.5 Å². The second kappa shape index (κ2) is 8.86. The molecule has 4 nitrogen and oxygen atoms in total. The highest BCUT2D eigenvalue weighted by atomic mass is 35.5. The van der Waals surface area contributed by atoms with Gasteiger partial charge in [-0.1, -0.05) is 36.6 Å². The predicted molar refractivity (Wildman–Crippen MR) is 103 cm³/mol. The van der Waals surface area contributed by atoms with Gasteiger partial charge < -0.3 is 10.2 Å². The molecule has 1 N–H and O–H groups in total. The minimum absolute atomic E-state index is 0.101. The first-order valence-corrected chi connectivity index (χ1v) is 9.43. The molecule has 0 spiro atoms. The normalized spacial score (nSPS) is 14.6. The van der Waals surface area contributed by atoms with E-state index >= 15 is 0 Å². The van der Waals surface area contributed by atoms with Crippen molar-refractivity contribution in [2.45, 2.75) is 32.2 Å². The van der Waals surface area contributed by atoms with E-state index in [0.717, 1.165) is 31.5 Å². The summed E-state index contributed by atoms with van der Waals surface area (Å²) >= 11 is 5.83. The SMILES string of the molecule is O=C(NCc1ccc(C(=O)N2CCCCCC2)cc1)c1ccc(Cl)cc1. The van der Waals surface area contributed by atoms with E-state index in [0.29, 0.717) is 22.7 Å². The van der Waals surface area contributed by atoms with Crippen LogP contribution in [0, 0.1) is 0 Å². The van der Waals surface area contributed by atoms with Crippen molar-refractivity contribution in [2.75, 3.05) is 13.1 Å². The summed E-state index contributed by atoms with van der Waals surface area (Å²) in [6.07, 6.45) is 4.58. The van der Waals surface area contributed by atoms with Crippen molar-refractivity contribution in [1.29, 1.82) is 0 Å². The third-order valence-electron chi connectivity index (χ3n) is 4.65. The van der Waals surface area contributed by atoms with Gasteiger partial charge in [-0.25, -0.2) is 0 Å². The number of rotatable bonds is 4. The molecule has 3 rings (SSSR count). The molecule has 1 saturated heterocycles. The Morgan fingerprint density at radius 2 is 1.42 bits per heavy atom. The van der Waals surface area contributed by atoms with Crippen molar-refractivity contribution in [3.63, 3.8) is 0 Å². The van der Waals surface area contributed by atoms with E-state index in [1.807, 2.05) is 29.2 Å². The lowest BCUT2D eigenvalue weighted by molar-refractivity contribution is 0.0761. The van der Waals surface area contributed by atoms with E-state index in [2.05, 4.69) is 5.32 Å². The van der Waals surface area contributed by atoms with Crippen molar-refractivity contribution < 1.29 is 9.59 Å². The molecule has 136 valence electrons. The molecule has 0 aliphatic carbocycles. The molecule has 2 amide bonds. The van der Waals surface area contributed by atoms with Gasteiger partial charge in [0.2, 0.25) is 0 Å². The van der Waals surface area contributed by atoms with Crippen LogP contribution in [0.2, 0.25) is 5.02 Å². The quantitative estimate of drug-likeness (QED) is 0.872. The largest absolute Gasteiger partial charge is 0.348 e. The molecule has 0 bridgehead atoms. The minimum atomic E-state index is -0.147. The maximum atomic E-state index is 12.6. The maximum absolute atomic E-state index is 12.6. The van der Waals surface area contributed by atoms with Gasteiger partial charge in [0.1, 0.15) is 0 Å². The highest BCUT2D eigenvalue weighted by molar-refractivity contribution is 6.30. The number of amides is 2. The van der Waals surface area contributed by atoms with Crippen LogP contribution in [0.25, 0.3) is 0 Å². The van der Waals surface area contributed by atoms with Crippen LogP contribution >= 0.6 is 11.6 Å². The van der Waals surface area contributed by atoms with Gasteiger partial charge in [0.25, 0.3) is 11.8 Å². The molecule has 0 radical (unpaired) electrons. The summed E-state index contributed by atoms with van der Waals surface area (Å²) in [7, 11) is 0. The lowest BCUT2D eigenvalue weighted by Gasteiger charge is -2.20. The summed E-state index contributed by atoms with van der Waals surface area (Å²) in [6, 6.07) is 14.3. The Morgan fingerprint density at radius 1 is 0.846 bits per heavy atom. The van der Waals surface area contributed by atoms with Crippen LogP contribution in [-0.4, -0.2) is 29.8 Å². The highest BCUT2D eigenvalue weighted by Gasteiger charge is 2.17. The van der Waals surface area contributed by atoms with Gasteiger partial charge in [-0.15, -0.1) is 0 Å². The van der Waals surface area contributed by atoms with Gasteiger partial charge >= 0.3 is 0 Å². The third-order valence-corrected chi connectivity index (χ3v) is 4.91. The summed E-state index contributed by atoms with van der Waals surface area (Å²) in [5, 5.41) is 3.48. The molecule has 26 heavy (non-hydrogen) atoms.